The predicted molar refractivity (Wildman–Crippen MR) is 72.2 cm³/mol. The Labute approximate surface area is 108 Å². The monoisotopic (exact) mass is 287 g/mol. The van der Waals surface area contributed by atoms with Crippen LogP contribution in [0.5, 0.6) is 0 Å². The van der Waals surface area contributed by atoms with Gasteiger partial charge in [-0.05, 0) is 23.3 Å². The van der Waals surface area contributed by atoms with Gasteiger partial charge >= 0.3 is 0 Å². The van der Waals surface area contributed by atoms with Crippen LogP contribution in [0.1, 0.15) is 11.1 Å². The maximum atomic E-state index is 4.95. The van der Waals surface area contributed by atoms with E-state index < -0.39 is 0 Å². The molecular formula is C14H10BrNO. The Hall–Kier alpha value is -1.61. The highest BCUT2D eigenvalue weighted by atomic mass is 79.9. The van der Waals surface area contributed by atoms with Gasteiger partial charge < -0.3 is 4.84 Å². The van der Waals surface area contributed by atoms with Crippen LogP contribution in [0.3, 0.4) is 0 Å². The molecule has 0 heterocycles. The summed E-state index contributed by atoms with van der Waals surface area (Å²) in [6.07, 6.45) is 0. The van der Waals surface area contributed by atoms with Crippen LogP contribution in [0.2, 0.25) is 0 Å². The van der Waals surface area contributed by atoms with Crippen molar-refractivity contribution in [2.45, 2.75) is 0 Å². The highest BCUT2D eigenvalue weighted by Gasteiger charge is 2.24. The maximum absolute atomic E-state index is 4.95. The molecule has 0 unspecified atom stereocenters. The highest BCUT2D eigenvalue weighted by molar-refractivity contribution is 9.10. The summed E-state index contributed by atoms with van der Waals surface area (Å²) in [4.78, 5) is 4.95. The average Bonchev–Trinajstić information content (AvgIpc) is 2.65. The molecular weight excluding hydrogens is 278 g/mol. The molecule has 0 spiro atoms. The van der Waals surface area contributed by atoms with E-state index in [-0.39, 0.29) is 0 Å². The fraction of sp³-hybridized carbons (Fsp3) is 0.0714. The number of fused-ring (bicyclic) bond motifs is 3. The number of hydrogen-bond acceptors (Lipinski definition) is 2. The SMILES string of the molecule is CO/N=C1\c2ccccc2-c2ccc(Br)cc21. The first kappa shape index (κ1) is 10.5. The molecule has 1 aliphatic carbocycles. The van der Waals surface area contributed by atoms with Gasteiger partial charge in [-0.25, -0.2) is 0 Å². The third-order valence-corrected chi connectivity index (χ3v) is 3.38. The van der Waals surface area contributed by atoms with Crippen LogP contribution in [0.4, 0.5) is 0 Å². The lowest BCUT2D eigenvalue weighted by Gasteiger charge is -2.00. The third-order valence-electron chi connectivity index (χ3n) is 2.89. The van der Waals surface area contributed by atoms with Crippen LogP contribution in [0, 0.1) is 0 Å². The van der Waals surface area contributed by atoms with Crippen LogP contribution in [-0.4, -0.2) is 12.8 Å². The lowest BCUT2D eigenvalue weighted by Crippen LogP contribution is -1.98. The molecule has 3 heteroatoms. The van der Waals surface area contributed by atoms with Crippen molar-refractivity contribution in [1.82, 2.24) is 0 Å². The number of halogens is 1. The standard InChI is InChI=1S/C14H10BrNO/c1-17-16-14-12-5-3-2-4-10(12)11-7-6-9(15)8-13(11)14/h2-8H,1H3/b16-14+. The largest absolute Gasteiger partial charge is 0.399 e. The Morgan fingerprint density at radius 2 is 1.65 bits per heavy atom. The minimum atomic E-state index is 0.902. The molecule has 0 bridgehead atoms. The molecule has 2 aromatic carbocycles. The minimum Gasteiger partial charge on any atom is -0.399 e. The van der Waals surface area contributed by atoms with Crippen LogP contribution in [0.15, 0.2) is 52.1 Å². The van der Waals surface area contributed by atoms with Crippen molar-refractivity contribution < 1.29 is 4.84 Å². The summed E-state index contributed by atoms with van der Waals surface area (Å²) in [5.74, 6) is 0. The van der Waals surface area contributed by atoms with E-state index in [2.05, 4.69) is 45.4 Å². The molecule has 0 radical (unpaired) electrons. The second kappa shape index (κ2) is 4.00. The predicted octanol–water partition coefficient (Wildman–Crippen LogP) is 3.83. The van der Waals surface area contributed by atoms with Crippen LogP contribution >= 0.6 is 15.9 Å². The molecule has 0 saturated carbocycles. The summed E-state index contributed by atoms with van der Waals surface area (Å²) in [5, 5.41) is 4.14. The summed E-state index contributed by atoms with van der Waals surface area (Å²) < 4.78 is 1.05. The molecule has 0 aromatic heterocycles. The first-order chi connectivity index (χ1) is 8.31. The molecule has 0 saturated heterocycles. The lowest BCUT2D eigenvalue weighted by molar-refractivity contribution is 0.214. The zero-order valence-corrected chi connectivity index (χ0v) is 10.9. The van der Waals surface area contributed by atoms with Gasteiger partial charge in [0.25, 0.3) is 0 Å². The molecule has 0 amide bonds. The number of rotatable bonds is 1. The molecule has 2 nitrogen and oxygen atoms in total. The summed E-state index contributed by atoms with van der Waals surface area (Å²) in [7, 11) is 1.57. The normalized spacial score (nSPS) is 14.6. The van der Waals surface area contributed by atoms with E-state index in [1.807, 2.05) is 18.2 Å². The zero-order chi connectivity index (χ0) is 11.8. The molecule has 0 atom stereocenters. The van der Waals surface area contributed by atoms with E-state index in [9.17, 15) is 0 Å². The van der Waals surface area contributed by atoms with Crippen molar-refractivity contribution in [1.29, 1.82) is 0 Å². The Bertz CT molecular complexity index is 619. The number of oxime groups is 1. The molecule has 0 N–H and O–H groups in total. The van der Waals surface area contributed by atoms with E-state index in [1.54, 1.807) is 7.11 Å². The molecule has 0 aliphatic heterocycles. The summed E-state index contributed by atoms with van der Waals surface area (Å²) >= 11 is 3.49. The van der Waals surface area contributed by atoms with Gasteiger partial charge in [-0.1, -0.05) is 51.4 Å². The van der Waals surface area contributed by atoms with Gasteiger partial charge in [-0.2, -0.15) is 0 Å². The topological polar surface area (TPSA) is 21.6 Å². The third kappa shape index (κ3) is 1.58. The average molecular weight is 288 g/mol. The number of nitrogens with zero attached hydrogens (tertiary/aromatic N) is 1. The second-order valence-electron chi connectivity index (χ2n) is 3.86. The van der Waals surface area contributed by atoms with E-state index >= 15 is 0 Å². The van der Waals surface area contributed by atoms with Gasteiger partial charge in [0.15, 0.2) is 0 Å². The van der Waals surface area contributed by atoms with E-state index in [1.165, 1.54) is 11.1 Å². The van der Waals surface area contributed by atoms with Gasteiger partial charge in [0, 0.05) is 15.6 Å². The van der Waals surface area contributed by atoms with Gasteiger partial charge in [-0.3, -0.25) is 0 Å². The van der Waals surface area contributed by atoms with E-state index in [0.717, 1.165) is 21.3 Å². The lowest BCUT2D eigenvalue weighted by atomic mass is 10.1. The highest BCUT2D eigenvalue weighted by Crippen LogP contribution is 2.38. The first-order valence-electron chi connectivity index (χ1n) is 5.32. The van der Waals surface area contributed by atoms with Crippen LogP contribution in [0.25, 0.3) is 11.1 Å². The van der Waals surface area contributed by atoms with Crippen LogP contribution < -0.4 is 0 Å². The van der Waals surface area contributed by atoms with E-state index in [4.69, 9.17) is 4.84 Å². The van der Waals surface area contributed by atoms with Gasteiger partial charge in [0.1, 0.15) is 12.8 Å². The molecule has 84 valence electrons. The van der Waals surface area contributed by atoms with Gasteiger partial charge in [0.2, 0.25) is 0 Å². The summed E-state index contributed by atoms with van der Waals surface area (Å²) in [6, 6.07) is 14.5. The summed E-state index contributed by atoms with van der Waals surface area (Å²) in [6.45, 7) is 0. The molecule has 1 aliphatic rings. The molecule has 0 fully saturated rings. The van der Waals surface area contributed by atoms with Crippen molar-refractivity contribution in [2.24, 2.45) is 5.16 Å². The smallest absolute Gasteiger partial charge is 0.118 e. The van der Waals surface area contributed by atoms with E-state index in [0.29, 0.717) is 0 Å². The second-order valence-corrected chi connectivity index (χ2v) is 4.77. The minimum absolute atomic E-state index is 0.902. The summed E-state index contributed by atoms with van der Waals surface area (Å²) in [5.41, 5.74) is 5.56. The quantitative estimate of drug-likeness (QED) is 0.624. The van der Waals surface area contributed by atoms with Crippen molar-refractivity contribution in [3.63, 3.8) is 0 Å². The maximum Gasteiger partial charge on any atom is 0.118 e. The first-order valence-corrected chi connectivity index (χ1v) is 6.11. The fourth-order valence-corrected chi connectivity index (χ4v) is 2.57. The van der Waals surface area contributed by atoms with Crippen molar-refractivity contribution >= 4 is 21.6 Å². The fourth-order valence-electron chi connectivity index (χ4n) is 2.21. The Kier molecular flexibility index (Phi) is 2.48. The zero-order valence-electron chi connectivity index (χ0n) is 9.27. The Morgan fingerprint density at radius 1 is 0.941 bits per heavy atom. The molecule has 3 rings (SSSR count). The molecule has 17 heavy (non-hydrogen) atoms. The van der Waals surface area contributed by atoms with Gasteiger partial charge in [0.05, 0.1) is 0 Å². The van der Waals surface area contributed by atoms with Crippen molar-refractivity contribution in [3.8, 4) is 11.1 Å². The Morgan fingerprint density at radius 3 is 2.41 bits per heavy atom. The number of benzene rings is 2. The van der Waals surface area contributed by atoms with Crippen molar-refractivity contribution in [3.05, 3.63) is 58.1 Å². The van der Waals surface area contributed by atoms with Crippen LogP contribution in [-0.2, 0) is 4.84 Å². The number of hydrogen-bond donors (Lipinski definition) is 0. The molecule has 2 aromatic rings. The van der Waals surface area contributed by atoms with Crippen molar-refractivity contribution in [2.75, 3.05) is 7.11 Å². The Balaban J connectivity index is 2.34. The van der Waals surface area contributed by atoms with Gasteiger partial charge in [-0.15, -0.1) is 0 Å².